The number of amides is 1. The number of rotatable bonds is 9. The Balaban J connectivity index is 1.58. The van der Waals surface area contributed by atoms with Gasteiger partial charge in [0.05, 0.1) is 7.11 Å². The van der Waals surface area contributed by atoms with Crippen LogP contribution in [0.1, 0.15) is 24.0 Å². The second-order valence-electron chi connectivity index (χ2n) is 5.72. The summed E-state index contributed by atoms with van der Waals surface area (Å²) in [6.07, 6.45) is 2.43. The lowest BCUT2D eigenvalue weighted by Crippen LogP contribution is -2.24. The van der Waals surface area contributed by atoms with Gasteiger partial charge in [0.2, 0.25) is 5.91 Å². The Morgan fingerprint density at radius 2 is 1.96 bits per heavy atom. The fourth-order valence-electron chi connectivity index (χ4n) is 2.33. The van der Waals surface area contributed by atoms with E-state index in [-0.39, 0.29) is 5.91 Å². The van der Waals surface area contributed by atoms with Crippen LogP contribution in [-0.4, -0.2) is 25.3 Å². The molecule has 0 saturated heterocycles. The summed E-state index contributed by atoms with van der Waals surface area (Å²) in [7, 11) is 1.67. The molecule has 0 aliphatic carbocycles. The normalized spacial score (nSPS) is 10.4. The molecule has 1 N–H and O–H groups in total. The molecule has 0 saturated carbocycles. The number of aryl methyl sites for hydroxylation is 2. The van der Waals surface area contributed by atoms with Crippen molar-refractivity contribution in [3.05, 3.63) is 59.7 Å². The molecule has 3 nitrogen and oxygen atoms in total. The van der Waals surface area contributed by atoms with Crippen LogP contribution >= 0.6 is 11.8 Å². The summed E-state index contributed by atoms with van der Waals surface area (Å²) < 4.78 is 5.21. The summed E-state index contributed by atoms with van der Waals surface area (Å²) in [5, 5.41) is 2.99. The highest BCUT2D eigenvalue weighted by atomic mass is 32.2. The molecule has 24 heavy (non-hydrogen) atoms. The SMILES string of the molecule is COc1cccc(CCCNC(=O)CCSc2ccc(C)cc2)c1. The highest BCUT2D eigenvalue weighted by Gasteiger charge is 2.02. The van der Waals surface area contributed by atoms with E-state index in [1.54, 1.807) is 18.9 Å². The molecular formula is C20H25NO2S. The molecule has 2 aromatic carbocycles. The van der Waals surface area contributed by atoms with Gasteiger partial charge >= 0.3 is 0 Å². The van der Waals surface area contributed by atoms with Gasteiger partial charge in [0.15, 0.2) is 0 Å². The summed E-state index contributed by atoms with van der Waals surface area (Å²) >= 11 is 1.72. The molecule has 2 aromatic rings. The first-order chi connectivity index (χ1) is 11.7. The molecule has 2 rings (SSSR count). The van der Waals surface area contributed by atoms with E-state index < -0.39 is 0 Å². The van der Waals surface area contributed by atoms with E-state index in [4.69, 9.17) is 4.74 Å². The average molecular weight is 343 g/mol. The molecule has 0 aliphatic heterocycles. The molecule has 0 unspecified atom stereocenters. The zero-order valence-electron chi connectivity index (χ0n) is 14.4. The number of carbonyl (C=O) groups excluding carboxylic acids is 1. The smallest absolute Gasteiger partial charge is 0.220 e. The summed E-state index contributed by atoms with van der Waals surface area (Å²) in [4.78, 5) is 13.1. The Kier molecular flexibility index (Phi) is 7.69. The molecule has 0 fully saturated rings. The van der Waals surface area contributed by atoms with Gasteiger partial charge < -0.3 is 10.1 Å². The lowest BCUT2D eigenvalue weighted by Gasteiger charge is -2.07. The minimum Gasteiger partial charge on any atom is -0.497 e. The fourth-order valence-corrected chi connectivity index (χ4v) is 3.18. The zero-order valence-corrected chi connectivity index (χ0v) is 15.2. The third-order valence-electron chi connectivity index (χ3n) is 3.72. The van der Waals surface area contributed by atoms with Gasteiger partial charge in [-0.15, -0.1) is 11.8 Å². The molecule has 0 heterocycles. The number of ether oxygens (including phenoxy) is 1. The number of nitrogens with one attached hydrogen (secondary N) is 1. The summed E-state index contributed by atoms with van der Waals surface area (Å²) in [6.45, 7) is 2.79. The molecule has 0 aromatic heterocycles. The van der Waals surface area contributed by atoms with E-state index in [0.29, 0.717) is 13.0 Å². The summed E-state index contributed by atoms with van der Waals surface area (Å²) in [6, 6.07) is 16.5. The highest BCUT2D eigenvalue weighted by molar-refractivity contribution is 7.99. The maximum absolute atomic E-state index is 11.9. The van der Waals surface area contributed by atoms with E-state index in [2.05, 4.69) is 42.6 Å². The lowest BCUT2D eigenvalue weighted by molar-refractivity contribution is -0.120. The van der Waals surface area contributed by atoms with Crippen LogP contribution in [0.2, 0.25) is 0 Å². The van der Waals surface area contributed by atoms with Crippen molar-refractivity contribution in [3.63, 3.8) is 0 Å². The molecule has 1 amide bonds. The van der Waals surface area contributed by atoms with Crippen LogP contribution in [0.4, 0.5) is 0 Å². The highest BCUT2D eigenvalue weighted by Crippen LogP contribution is 2.19. The third-order valence-corrected chi connectivity index (χ3v) is 4.73. The number of hydrogen-bond donors (Lipinski definition) is 1. The van der Waals surface area contributed by atoms with Gasteiger partial charge in [-0.3, -0.25) is 4.79 Å². The predicted octanol–water partition coefficient (Wildman–Crippen LogP) is 4.23. The number of carbonyl (C=O) groups is 1. The van der Waals surface area contributed by atoms with E-state index in [1.807, 2.05) is 18.2 Å². The maximum atomic E-state index is 11.9. The minimum absolute atomic E-state index is 0.125. The molecule has 0 radical (unpaired) electrons. The van der Waals surface area contributed by atoms with E-state index in [1.165, 1.54) is 16.0 Å². The van der Waals surface area contributed by atoms with Gasteiger partial charge in [0, 0.05) is 23.6 Å². The topological polar surface area (TPSA) is 38.3 Å². The standard InChI is InChI=1S/C20H25NO2S/c1-16-8-10-19(11-9-16)24-14-12-20(22)21-13-4-6-17-5-3-7-18(15-17)23-2/h3,5,7-11,15H,4,6,12-14H2,1-2H3,(H,21,22). The predicted molar refractivity (Wildman–Crippen MR) is 101 cm³/mol. The van der Waals surface area contributed by atoms with Crippen molar-refractivity contribution in [2.75, 3.05) is 19.4 Å². The van der Waals surface area contributed by atoms with Crippen LogP contribution in [0.15, 0.2) is 53.4 Å². The van der Waals surface area contributed by atoms with Gasteiger partial charge in [-0.05, 0) is 49.6 Å². The van der Waals surface area contributed by atoms with Gasteiger partial charge in [0.1, 0.15) is 5.75 Å². The first-order valence-corrected chi connectivity index (χ1v) is 9.25. The second kappa shape index (κ2) is 10.0. The largest absolute Gasteiger partial charge is 0.497 e. The Morgan fingerprint density at radius 3 is 2.71 bits per heavy atom. The van der Waals surface area contributed by atoms with Crippen LogP contribution in [0, 0.1) is 6.92 Å². The Bertz CT molecular complexity index is 640. The molecule has 4 heteroatoms. The minimum atomic E-state index is 0.125. The van der Waals surface area contributed by atoms with Crippen LogP contribution in [0.3, 0.4) is 0 Å². The Labute approximate surface area is 148 Å². The van der Waals surface area contributed by atoms with Gasteiger partial charge in [-0.1, -0.05) is 29.8 Å². The van der Waals surface area contributed by atoms with Crippen molar-refractivity contribution < 1.29 is 9.53 Å². The Morgan fingerprint density at radius 1 is 1.17 bits per heavy atom. The summed E-state index contributed by atoms with van der Waals surface area (Å²) in [5.41, 5.74) is 2.49. The molecular weight excluding hydrogens is 318 g/mol. The molecule has 0 spiro atoms. The van der Waals surface area contributed by atoms with Crippen molar-refractivity contribution in [2.24, 2.45) is 0 Å². The van der Waals surface area contributed by atoms with Gasteiger partial charge in [-0.25, -0.2) is 0 Å². The van der Waals surface area contributed by atoms with E-state index in [9.17, 15) is 4.79 Å². The first kappa shape index (κ1) is 18.4. The molecule has 0 atom stereocenters. The first-order valence-electron chi connectivity index (χ1n) is 8.26. The van der Waals surface area contributed by atoms with Crippen LogP contribution < -0.4 is 10.1 Å². The third kappa shape index (κ3) is 6.67. The van der Waals surface area contributed by atoms with Crippen LogP contribution in [0.25, 0.3) is 0 Å². The number of thioether (sulfide) groups is 1. The zero-order chi connectivity index (χ0) is 17.2. The molecule has 0 bridgehead atoms. The Hall–Kier alpha value is -1.94. The second-order valence-corrected chi connectivity index (χ2v) is 6.88. The van der Waals surface area contributed by atoms with Crippen molar-refractivity contribution in [1.82, 2.24) is 5.32 Å². The average Bonchev–Trinajstić information content (AvgIpc) is 2.61. The monoisotopic (exact) mass is 343 g/mol. The number of benzene rings is 2. The van der Waals surface area contributed by atoms with Crippen LogP contribution in [-0.2, 0) is 11.2 Å². The maximum Gasteiger partial charge on any atom is 0.220 e. The van der Waals surface area contributed by atoms with Crippen molar-refractivity contribution >= 4 is 17.7 Å². The fraction of sp³-hybridized carbons (Fsp3) is 0.350. The number of hydrogen-bond acceptors (Lipinski definition) is 3. The van der Waals surface area contributed by atoms with Crippen molar-refractivity contribution in [1.29, 1.82) is 0 Å². The quantitative estimate of drug-likeness (QED) is 0.547. The van der Waals surface area contributed by atoms with Gasteiger partial charge in [0.25, 0.3) is 0 Å². The van der Waals surface area contributed by atoms with E-state index >= 15 is 0 Å². The van der Waals surface area contributed by atoms with Crippen LogP contribution in [0.5, 0.6) is 5.75 Å². The van der Waals surface area contributed by atoms with E-state index in [0.717, 1.165) is 24.3 Å². The van der Waals surface area contributed by atoms with Gasteiger partial charge in [-0.2, -0.15) is 0 Å². The van der Waals surface area contributed by atoms with Crippen molar-refractivity contribution in [3.8, 4) is 5.75 Å². The number of methoxy groups -OCH3 is 1. The van der Waals surface area contributed by atoms with Crippen molar-refractivity contribution in [2.45, 2.75) is 31.1 Å². The molecule has 0 aliphatic rings. The summed E-state index contributed by atoms with van der Waals surface area (Å²) in [5.74, 6) is 1.81. The molecule has 128 valence electrons. The lowest BCUT2D eigenvalue weighted by atomic mass is 10.1.